The Bertz CT molecular complexity index is 567. The second-order valence-electron chi connectivity index (χ2n) is 6.54. The summed E-state index contributed by atoms with van der Waals surface area (Å²) >= 11 is 3.40. The zero-order valence-corrected chi connectivity index (χ0v) is 14.0. The van der Waals surface area contributed by atoms with Crippen LogP contribution in [0.2, 0.25) is 0 Å². The molecule has 21 heavy (non-hydrogen) atoms. The van der Waals surface area contributed by atoms with Gasteiger partial charge in [-0.25, -0.2) is 9.78 Å². The standard InChI is InChI=1S/C15H19BrN2O3/c1-15(2,3)21-14(19)18-11-6-10(16)7-17-13(11)20-8-12(18)9-4-5-9/h6-7,9,12H,4-5,8H2,1-3H3/t12-/m1/s1. The van der Waals surface area contributed by atoms with Crippen molar-refractivity contribution in [2.45, 2.75) is 45.3 Å². The molecule has 2 heterocycles. The molecule has 3 rings (SSSR count). The summed E-state index contributed by atoms with van der Waals surface area (Å²) in [5, 5.41) is 0. The van der Waals surface area contributed by atoms with Crippen LogP contribution in [0.4, 0.5) is 10.5 Å². The van der Waals surface area contributed by atoms with E-state index in [9.17, 15) is 4.79 Å². The van der Waals surface area contributed by atoms with Gasteiger partial charge < -0.3 is 9.47 Å². The third-order valence-electron chi connectivity index (χ3n) is 3.54. The van der Waals surface area contributed by atoms with E-state index in [0.717, 1.165) is 17.3 Å². The minimum absolute atomic E-state index is 0.0310. The molecule has 114 valence electrons. The summed E-state index contributed by atoms with van der Waals surface area (Å²) < 4.78 is 12.1. The van der Waals surface area contributed by atoms with E-state index in [1.807, 2.05) is 26.8 Å². The van der Waals surface area contributed by atoms with E-state index >= 15 is 0 Å². The van der Waals surface area contributed by atoms with Gasteiger partial charge in [0.25, 0.3) is 0 Å². The molecule has 1 aromatic rings. The van der Waals surface area contributed by atoms with Gasteiger partial charge in [-0.15, -0.1) is 0 Å². The first-order valence-electron chi connectivity index (χ1n) is 7.16. The van der Waals surface area contributed by atoms with Gasteiger partial charge in [0, 0.05) is 10.7 Å². The van der Waals surface area contributed by atoms with E-state index in [2.05, 4.69) is 20.9 Å². The molecule has 1 aromatic heterocycles. The molecule has 2 aliphatic rings. The summed E-state index contributed by atoms with van der Waals surface area (Å²) in [7, 11) is 0. The van der Waals surface area contributed by atoms with Crippen molar-refractivity contribution in [3.63, 3.8) is 0 Å². The van der Waals surface area contributed by atoms with Gasteiger partial charge in [0.15, 0.2) is 0 Å². The zero-order valence-electron chi connectivity index (χ0n) is 12.4. The maximum Gasteiger partial charge on any atom is 0.415 e. The van der Waals surface area contributed by atoms with Crippen molar-refractivity contribution in [2.24, 2.45) is 5.92 Å². The molecule has 0 unspecified atom stereocenters. The maximum absolute atomic E-state index is 12.6. The van der Waals surface area contributed by atoms with Crippen LogP contribution >= 0.6 is 15.9 Å². The number of carbonyl (C=O) groups is 1. The number of nitrogens with zero attached hydrogens (tertiary/aromatic N) is 2. The Labute approximate surface area is 132 Å². The molecule has 0 N–H and O–H groups in total. The van der Waals surface area contributed by atoms with Crippen molar-refractivity contribution < 1.29 is 14.3 Å². The fourth-order valence-corrected chi connectivity index (χ4v) is 2.81. The summed E-state index contributed by atoms with van der Waals surface area (Å²) in [5.41, 5.74) is 0.157. The number of halogens is 1. The van der Waals surface area contributed by atoms with E-state index in [1.165, 1.54) is 0 Å². The number of anilines is 1. The van der Waals surface area contributed by atoms with Gasteiger partial charge >= 0.3 is 6.09 Å². The number of hydrogen-bond donors (Lipinski definition) is 0. The molecule has 1 atom stereocenters. The fraction of sp³-hybridized carbons (Fsp3) is 0.600. The Morgan fingerprint density at radius 2 is 2.19 bits per heavy atom. The van der Waals surface area contributed by atoms with Crippen LogP contribution in [0.15, 0.2) is 16.7 Å². The second-order valence-corrected chi connectivity index (χ2v) is 7.46. The Morgan fingerprint density at radius 1 is 1.48 bits per heavy atom. The molecule has 1 amide bonds. The number of ether oxygens (including phenoxy) is 2. The third kappa shape index (κ3) is 3.15. The van der Waals surface area contributed by atoms with Gasteiger partial charge in [-0.2, -0.15) is 0 Å². The van der Waals surface area contributed by atoms with Crippen LogP contribution in [0.5, 0.6) is 5.88 Å². The van der Waals surface area contributed by atoms with Crippen molar-refractivity contribution in [1.29, 1.82) is 0 Å². The SMILES string of the molecule is CC(C)(C)OC(=O)N1c2cc(Br)cnc2OC[C@@H]1C1CC1. The molecule has 0 radical (unpaired) electrons. The van der Waals surface area contributed by atoms with Gasteiger partial charge in [-0.3, -0.25) is 4.90 Å². The topological polar surface area (TPSA) is 51.7 Å². The van der Waals surface area contributed by atoms with Crippen LogP contribution in [0, 0.1) is 5.92 Å². The van der Waals surface area contributed by atoms with Gasteiger partial charge in [0.05, 0.1) is 6.04 Å². The summed E-state index contributed by atoms with van der Waals surface area (Å²) in [6.45, 7) is 6.10. The number of hydrogen-bond acceptors (Lipinski definition) is 4. The molecule has 1 aliphatic heterocycles. The number of amides is 1. The lowest BCUT2D eigenvalue weighted by atomic mass is 10.1. The van der Waals surface area contributed by atoms with Crippen LogP contribution in [0.3, 0.4) is 0 Å². The molecule has 0 saturated heterocycles. The number of rotatable bonds is 1. The van der Waals surface area contributed by atoms with Crippen molar-refractivity contribution in [2.75, 3.05) is 11.5 Å². The number of fused-ring (bicyclic) bond motifs is 1. The van der Waals surface area contributed by atoms with Crippen LogP contribution in [0.1, 0.15) is 33.6 Å². The smallest absolute Gasteiger partial charge is 0.415 e. The summed E-state index contributed by atoms with van der Waals surface area (Å²) in [6, 6.07) is 1.89. The fourth-order valence-electron chi connectivity index (χ4n) is 2.49. The van der Waals surface area contributed by atoms with Crippen molar-refractivity contribution in [1.82, 2.24) is 4.98 Å². The molecule has 5 nitrogen and oxygen atoms in total. The largest absolute Gasteiger partial charge is 0.474 e. The lowest BCUT2D eigenvalue weighted by Crippen LogP contribution is -2.50. The lowest BCUT2D eigenvalue weighted by molar-refractivity contribution is 0.0534. The molecule has 0 bridgehead atoms. The molecule has 6 heteroatoms. The summed E-state index contributed by atoms with van der Waals surface area (Å²) in [4.78, 5) is 18.6. The van der Waals surface area contributed by atoms with Crippen LogP contribution < -0.4 is 9.64 Å². The number of aromatic nitrogens is 1. The van der Waals surface area contributed by atoms with Crippen molar-refractivity contribution in [3.05, 3.63) is 16.7 Å². The van der Waals surface area contributed by atoms with E-state index in [1.54, 1.807) is 11.1 Å². The predicted molar refractivity (Wildman–Crippen MR) is 82.7 cm³/mol. The van der Waals surface area contributed by atoms with Gasteiger partial charge in [-0.1, -0.05) is 0 Å². The molecule has 1 saturated carbocycles. The van der Waals surface area contributed by atoms with Crippen LogP contribution in [-0.4, -0.2) is 29.3 Å². The average Bonchev–Trinajstić information content (AvgIpc) is 3.19. The normalized spacial score (nSPS) is 21.5. The highest BCUT2D eigenvalue weighted by molar-refractivity contribution is 9.10. The van der Waals surface area contributed by atoms with E-state index in [4.69, 9.17) is 9.47 Å². The molecular weight excluding hydrogens is 336 g/mol. The van der Waals surface area contributed by atoms with Gasteiger partial charge in [0.1, 0.15) is 17.9 Å². The highest BCUT2D eigenvalue weighted by Crippen LogP contribution is 2.43. The highest BCUT2D eigenvalue weighted by atomic mass is 79.9. The van der Waals surface area contributed by atoms with E-state index in [0.29, 0.717) is 24.1 Å². The Balaban J connectivity index is 1.96. The molecular formula is C15H19BrN2O3. The summed E-state index contributed by atoms with van der Waals surface area (Å²) in [5.74, 6) is 0.977. The molecule has 0 spiro atoms. The minimum Gasteiger partial charge on any atom is -0.474 e. The zero-order chi connectivity index (χ0) is 15.2. The highest BCUT2D eigenvalue weighted by Gasteiger charge is 2.44. The van der Waals surface area contributed by atoms with Crippen molar-refractivity contribution >= 4 is 27.7 Å². The lowest BCUT2D eigenvalue weighted by Gasteiger charge is -2.37. The van der Waals surface area contributed by atoms with Gasteiger partial charge in [0.2, 0.25) is 5.88 Å². The molecule has 1 aliphatic carbocycles. The monoisotopic (exact) mass is 354 g/mol. The summed E-state index contributed by atoms with van der Waals surface area (Å²) in [6.07, 6.45) is 3.60. The Kier molecular flexibility index (Phi) is 3.59. The van der Waals surface area contributed by atoms with E-state index < -0.39 is 5.60 Å². The first-order valence-corrected chi connectivity index (χ1v) is 7.95. The number of pyridine rings is 1. The maximum atomic E-state index is 12.6. The Morgan fingerprint density at radius 3 is 2.81 bits per heavy atom. The van der Waals surface area contributed by atoms with Gasteiger partial charge in [-0.05, 0) is 61.5 Å². The van der Waals surface area contributed by atoms with E-state index in [-0.39, 0.29) is 12.1 Å². The minimum atomic E-state index is -0.525. The second kappa shape index (κ2) is 5.16. The average molecular weight is 355 g/mol. The number of carbonyl (C=O) groups excluding carboxylic acids is 1. The Hall–Kier alpha value is -1.30. The quantitative estimate of drug-likeness (QED) is 0.770. The molecule has 0 aromatic carbocycles. The predicted octanol–water partition coefficient (Wildman–Crippen LogP) is 3.76. The molecule has 1 fully saturated rings. The van der Waals surface area contributed by atoms with Crippen LogP contribution in [0.25, 0.3) is 0 Å². The van der Waals surface area contributed by atoms with Crippen LogP contribution in [-0.2, 0) is 4.74 Å². The first-order chi connectivity index (χ1) is 9.85. The van der Waals surface area contributed by atoms with Crippen molar-refractivity contribution in [3.8, 4) is 5.88 Å². The third-order valence-corrected chi connectivity index (χ3v) is 3.97. The first kappa shape index (κ1) is 14.6.